The molecule has 0 amide bonds. The summed E-state index contributed by atoms with van der Waals surface area (Å²) in [7, 11) is 0. The number of rotatable bonds is 3. The Morgan fingerprint density at radius 2 is 1.94 bits per heavy atom. The van der Waals surface area contributed by atoms with Gasteiger partial charge in [-0.3, -0.25) is 0 Å². The number of benzene rings is 1. The highest BCUT2D eigenvalue weighted by Gasteiger charge is 2.30. The Kier molecular flexibility index (Phi) is 4.52. The summed E-state index contributed by atoms with van der Waals surface area (Å²) in [5.41, 5.74) is 1.02. The van der Waals surface area contributed by atoms with Gasteiger partial charge in [0.1, 0.15) is 4.75 Å². The second-order valence-electron chi connectivity index (χ2n) is 4.13. The van der Waals surface area contributed by atoms with Crippen molar-refractivity contribution in [2.24, 2.45) is 5.92 Å². The maximum absolute atomic E-state index is 9.22. The Labute approximate surface area is 107 Å². The van der Waals surface area contributed by atoms with Crippen molar-refractivity contribution < 1.29 is 0 Å². The number of nitriles is 1. The Hall–Kier alpha value is -0.850. The lowest BCUT2D eigenvalue weighted by Crippen LogP contribution is -2.26. The molecule has 0 N–H and O–H groups in total. The van der Waals surface area contributed by atoms with E-state index in [9.17, 15) is 5.26 Å². The minimum atomic E-state index is -0.451. The van der Waals surface area contributed by atoms with Crippen molar-refractivity contribution >= 4 is 28.2 Å². The number of thioether (sulfide) groups is 1. The SMILES string of the molecule is CC(C)C(C)(C#N)SC(=S)c1ccccc1. The van der Waals surface area contributed by atoms with E-state index in [0.717, 1.165) is 9.76 Å². The third-order valence-corrected chi connectivity index (χ3v) is 4.53. The van der Waals surface area contributed by atoms with Crippen LogP contribution in [0.2, 0.25) is 0 Å². The molecule has 16 heavy (non-hydrogen) atoms. The van der Waals surface area contributed by atoms with Gasteiger partial charge in [-0.2, -0.15) is 5.26 Å². The van der Waals surface area contributed by atoms with Gasteiger partial charge in [0, 0.05) is 0 Å². The smallest absolute Gasteiger partial charge is 0.107 e. The molecule has 0 aliphatic carbocycles. The van der Waals surface area contributed by atoms with E-state index >= 15 is 0 Å². The highest BCUT2D eigenvalue weighted by Crippen LogP contribution is 2.35. The van der Waals surface area contributed by atoms with Crippen molar-refractivity contribution in [2.45, 2.75) is 25.5 Å². The molecular formula is C13H15NS2. The van der Waals surface area contributed by atoms with Crippen LogP contribution in [0.5, 0.6) is 0 Å². The summed E-state index contributed by atoms with van der Waals surface area (Å²) < 4.78 is 0.339. The van der Waals surface area contributed by atoms with Gasteiger partial charge < -0.3 is 0 Å². The lowest BCUT2D eigenvalue weighted by Gasteiger charge is -2.25. The number of hydrogen-bond acceptors (Lipinski definition) is 3. The first-order valence-corrected chi connectivity index (χ1v) is 6.41. The van der Waals surface area contributed by atoms with Crippen molar-refractivity contribution in [2.75, 3.05) is 0 Å². The number of thiocarbonyl (C=S) groups is 1. The van der Waals surface area contributed by atoms with Crippen molar-refractivity contribution in [1.82, 2.24) is 0 Å². The molecule has 1 aromatic carbocycles. The minimum absolute atomic E-state index is 0.268. The van der Waals surface area contributed by atoms with Crippen LogP contribution in [-0.2, 0) is 0 Å². The zero-order chi connectivity index (χ0) is 12.2. The highest BCUT2D eigenvalue weighted by molar-refractivity contribution is 8.24. The van der Waals surface area contributed by atoms with E-state index in [1.165, 1.54) is 11.8 Å². The van der Waals surface area contributed by atoms with Crippen LogP contribution in [0.4, 0.5) is 0 Å². The van der Waals surface area contributed by atoms with Crippen molar-refractivity contribution in [3.05, 3.63) is 35.9 Å². The van der Waals surface area contributed by atoms with Gasteiger partial charge >= 0.3 is 0 Å². The predicted octanol–water partition coefficient (Wildman–Crippen LogP) is 4.03. The fourth-order valence-corrected chi connectivity index (χ4v) is 2.67. The molecule has 0 saturated heterocycles. The fourth-order valence-electron chi connectivity index (χ4n) is 1.10. The maximum Gasteiger partial charge on any atom is 0.107 e. The predicted molar refractivity (Wildman–Crippen MR) is 74.6 cm³/mol. The standard InChI is InChI=1S/C13H15NS2/c1-10(2)13(3,9-14)16-12(15)11-7-5-4-6-8-11/h4-8,10H,1-3H3. The van der Waals surface area contributed by atoms with Crippen molar-refractivity contribution in [1.29, 1.82) is 5.26 Å². The zero-order valence-corrected chi connectivity index (χ0v) is 11.4. The molecule has 0 aliphatic heterocycles. The van der Waals surface area contributed by atoms with E-state index in [1.54, 1.807) is 0 Å². The first-order chi connectivity index (χ1) is 7.49. The van der Waals surface area contributed by atoms with Crippen LogP contribution in [0.25, 0.3) is 0 Å². The molecule has 1 aromatic rings. The lowest BCUT2D eigenvalue weighted by atomic mass is 9.99. The lowest BCUT2D eigenvalue weighted by molar-refractivity contribution is 0.560. The van der Waals surface area contributed by atoms with Gasteiger partial charge in [-0.25, -0.2) is 0 Å². The third kappa shape index (κ3) is 3.07. The van der Waals surface area contributed by atoms with Gasteiger partial charge in [-0.1, -0.05) is 68.2 Å². The van der Waals surface area contributed by atoms with Gasteiger partial charge in [-0.05, 0) is 18.4 Å². The van der Waals surface area contributed by atoms with Crippen LogP contribution in [0.15, 0.2) is 30.3 Å². The molecule has 0 radical (unpaired) electrons. The molecule has 0 spiro atoms. The van der Waals surface area contributed by atoms with Gasteiger partial charge in [0.25, 0.3) is 0 Å². The Balaban J connectivity index is 2.83. The minimum Gasteiger partial charge on any atom is -0.197 e. The van der Waals surface area contributed by atoms with Crippen LogP contribution in [-0.4, -0.2) is 8.94 Å². The van der Waals surface area contributed by atoms with Gasteiger partial charge in [-0.15, -0.1) is 0 Å². The summed E-state index contributed by atoms with van der Waals surface area (Å²) in [4.78, 5) is 0. The van der Waals surface area contributed by atoms with Gasteiger partial charge in [0.05, 0.1) is 10.3 Å². The third-order valence-electron chi connectivity index (χ3n) is 2.64. The average Bonchev–Trinajstić information content (AvgIpc) is 2.29. The van der Waals surface area contributed by atoms with Crippen molar-refractivity contribution in [3.8, 4) is 6.07 Å². The second-order valence-corrected chi connectivity index (χ2v) is 6.26. The zero-order valence-electron chi connectivity index (χ0n) is 9.73. The summed E-state index contributed by atoms with van der Waals surface area (Å²) in [5, 5.41) is 9.22. The molecule has 0 saturated carbocycles. The van der Waals surface area contributed by atoms with E-state index < -0.39 is 4.75 Å². The van der Waals surface area contributed by atoms with E-state index in [4.69, 9.17) is 12.2 Å². The van der Waals surface area contributed by atoms with Crippen LogP contribution < -0.4 is 0 Å². The topological polar surface area (TPSA) is 23.8 Å². The first-order valence-electron chi connectivity index (χ1n) is 5.19. The second kappa shape index (κ2) is 5.47. The Morgan fingerprint density at radius 3 is 2.38 bits per heavy atom. The van der Waals surface area contributed by atoms with E-state index in [-0.39, 0.29) is 5.92 Å². The van der Waals surface area contributed by atoms with E-state index in [0.29, 0.717) is 0 Å². The number of hydrogen-bond donors (Lipinski definition) is 0. The molecule has 3 heteroatoms. The monoisotopic (exact) mass is 249 g/mol. The van der Waals surface area contributed by atoms with Crippen molar-refractivity contribution in [3.63, 3.8) is 0 Å². The fraction of sp³-hybridized carbons (Fsp3) is 0.385. The summed E-state index contributed by atoms with van der Waals surface area (Å²) in [6, 6.07) is 12.2. The largest absolute Gasteiger partial charge is 0.197 e. The summed E-state index contributed by atoms with van der Waals surface area (Å²) in [5.74, 6) is 0.268. The van der Waals surface area contributed by atoms with E-state index in [1.807, 2.05) is 51.1 Å². The van der Waals surface area contributed by atoms with Crippen LogP contribution in [0.3, 0.4) is 0 Å². The van der Waals surface area contributed by atoms with Gasteiger partial charge in [0.15, 0.2) is 0 Å². The van der Waals surface area contributed by atoms with Gasteiger partial charge in [0.2, 0.25) is 0 Å². The molecule has 1 rings (SSSR count). The molecule has 0 heterocycles. The Morgan fingerprint density at radius 1 is 1.38 bits per heavy atom. The highest BCUT2D eigenvalue weighted by atomic mass is 32.2. The van der Waals surface area contributed by atoms with Crippen LogP contribution in [0.1, 0.15) is 26.3 Å². The Bertz CT molecular complexity index is 406. The molecule has 84 valence electrons. The molecule has 0 aromatic heterocycles. The summed E-state index contributed by atoms with van der Waals surface area (Å²) in [6.07, 6.45) is 0. The molecule has 0 aliphatic rings. The van der Waals surface area contributed by atoms with Crippen LogP contribution >= 0.6 is 24.0 Å². The molecule has 1 atom stereocenters. The van der Waals surface area contributed by atoms with Crippen LogP contribution in [0, 0.1) is 17.2 Å². The molecule has 0 bridgehead atoms. The molecular weight excluding hydrogens is 234 g/mol. The summed E-state index contributed by atoms with van der Waals surface area (Å²) >= 11 is 6.84. The molecule has 1 nitrogen and oxygen atoms in total. The summed E-state index contributed by atoms with van der Waals surface area (Å²) in [6.45, 7) is 6.03. The quantitative estimate of drug-likeness (QED) is 0.756. The molecule has 1 unspecified atom stereocenters. The normalized spacial score (nSPS) is 14.2. The first kappa shape index (κ1) is 13.2. The molecule has 0 fully saturated rings. The van der Waals surface area contributed by atoms with E-state index in [2.05, 4.69) is 6.07 Å². The average molecular weight is 249 g/mol. The maximum atomic E-state index is 9.22. The number of nitrogens with zero attached hydrogens (tertiary/aromatic N) is 1.